The van der Waals surface area contributed by atoms with Gasteiger partial charge in [-0.05, 0) is 52.0 Å². The third kappa shape index (κ3) is 3.56. The summed E-state index contributed by atoms with van der Waals surface area (Å²) in [5.74, 6) is -1.13. The van der Waals surface area contributed by atoms with E-state index in [0.717, 1.165) is 0 Å². The van der Waals surface area contributed by atoms with Crippen LogP contribution in [0.15, 0.2) is 29.2 Å². The molecule has 0 aliphatic heterocycles. The average molecular weight is 301 g/mol. The molecule has 112 valence electrons. The van der Waals surface area contributed by atoms with Gasteiger partial charge in [0.25, 0.3) is 0 Å². The number of carboxylic acid groups (broad SMARTS) is 1. The number of hydrogen-bond donors (Lipinski definition) is 3. The van der Waals surface area contributed by atoms with Crippen LogP contribution in [-0.4, -0.2) is 35.7 Å². The maximum absolute atomic E-state index is 12.2. The number of rotatable bonds is 5. The first kappa shape index (κ1) is 16.6. The van der Waals surface area contributed by atoms with Crippen LogP contribution < -0.4 is 4.72 Å². The molecule has 0 aliphatic carbocycles. The third-order valence-corrected chi connectivity index (χ3v) is 5.00. The van der Waals surface area contributed by atoms with E-state index in [0.29, 0.717) is 0 Å². The fourth-order valence-electron chi connectivity index (χ4n) is 1.30. The van der Waals surface area contributed by atoms with Gasteiger partial charge in [0.1, 0.15) is 0 Å². The van der Waals surface area contributed by atoms with Gasteiger partial charge in [0.05, 0.1) is 21.6 Å². The minimum absolute atomic E-state index is 0.00528. The molecule has 7 heteroatoms. The van der Waals surface area contributed by atoms with E-state index in [4.69, 9.17) is 5.11 Å². The van der Waals surface area contributed by atoms with Crippen LogP contribution >= 0.6 is 0 Å². The zero-order valence-electron chi connectivity index (χ0n) is 11.8. The Morgan fingerprint density at radius 1 is 1.10 bits per heavy atom. The fraction of sp³-hybridized carbons (Fsp3) is 0.462. The molecule has 0 radical (unpaired) electrons. The highest BCUT2D eigenvalue weighted by atomic mass is 32.2. The van der Waals surface area contributed by atoms with E-state index in [9.17, 15) is 18.3 Å². The summed E-state index contributed by atoms with van der Waals surface area (Å²) in [6.07, 6.45) is 0. The van der Waals surface area contributed by atoms with Crippen molar-refractivity contribution in [2.75, 3.05) is 0 Å². The van der Waals surface area contributed by atoms with Crippen LogP contribution in [0.3, 0.4) is 0 Å². The number of nitrogens with one attached hydrogen (secondary N) is 1. The maximum Gasteiger partial charge on any atom is 0.335 e. The summed E-state index contributed by atoms with van der Waals surface area (Å²) in [5, 5.41) is 18.7. The van der Waals surface area contributed by atoms with Crippen LogP contribution in [0.5, 0.6) is 0 Å². The van der Waals surface area contributed by atoms with Gasteiger partial charge in [-0.3, -0.25) is 0 Å². The average Bonchev–Trinajstić information content (AvgIpc) is 2.26. The van der Waals surface area contributed by atoms with Crippen LogP contribution in [0, 0.1) is 0 Å². The van der Waals surface area contributed by atoms with E-state index in [1.807, 2.05) is 0 Å². The first-order chi connectivity index (χ1) is 8.87. The zero-order valence-corrected chi connectivity index (χ0v) is 12.7. The van der Waals surface area contributed by atoms with E-state index >= 15 is 0 Å². The van der Waals surface area contributed by atoms with Crippen molar-refractivity contribution < 1.29 is 23.4 Å². The Labute approximate surface area is 118 Å². The minimum atomic E-state index is -3.85. The van der Waals surface area contributed by atoms with Gasteiger partial charge in [-0.15, -0.1) is 0 Å². The molecule has 0 spiro atoms. The fourth-order valence-corrected chi connectivity index (χ4v) is 2.83. The molecule has 0 saturated carbocycles. The molecule has 0 amide bonds. The van der Waals surface area contributed by atoms with Crippen molar-refractivity contribution in [2.45, 2.75) is 43.7 Å². The van der Waals surface area contributed by atoms with Gasteiger partial charge < -0.3 is 10.2 Å². The number of carbonyl (C=O) groups is 1. The van der Waals surface area contributed by atoms with Crippen LogP contribution in [0.4, 0.5) is 0 Å². The van der Waals surface area contributed by atoms with Gasteiger partial charge in [0.15, 0.2) is 0 Å². The first-order valence-electron chi connectivity index (χ1n) is 5.96. The molecule has 1 aromatic rings. The van der Waals surface area contributed by atoms with Gasteiger partial charge >= 0.3 is 5.97 Å². The van der Waals surface area contributed by atoms with Gasteiger partial charge in [0, 0.05) is 0 Å². The highest BCUT2D eigenvalue weighted by Crippen LogP contribution is 2.23. The predicted octanol–water partition coefficient (Wildman–Crippen LogP) is 1.21. The summed E-state index contributed by atoms with van der Waals surface area (Å²) in [7, 11) is -3.85. The lowest BCUT2D eigenvalue weighted by molar-refractivity contribution is 0.00638. The quantitative estimate of drug-likeness (QED) is 0.758. The second kappa shape index (κ2) is 5.16. The van der Waals surface area contributed by atoms with Crippen molar-refractivity contribution in [3.05, 3.63) is 29.8 Å². The second-order valence-electron chi connectivity index (χ2n) is 5.62. The SMILES string of the molecule is CC(C)(O)C(C)(C)NS(=O)(=O)c1ccc(C(=O)O)cc1. The first-order valence-corrected chi connectivity index (χ1v) is 7.45. The Balaban J connectivity index is 3.09. The van der Waals surface area contributed by atoms with E-state index < -0.39 is 27.1 Å². The summed E-state index contributed by atoms with van der Waals surface area (Å²) >= 11 is 0. The van der Waals surface area contributed by atoms with E-state index in [1.165, 1.54) is 38.1 Å². The monoisotopic (exact) mass is 301 g/mol. The van der Waals surface area contributed by atoms with Gasteiger partial charge in [0.2, 0.25) is 10.0 Å². The van der Waals surface area contributed by atoms with E-state index in [-0.39, 0.29) is 10.5 Å². The minimum Gasteiger partial charge on any atom is -0.478 e. The molecule has 0 unspecified atom stereocenters. The zero-order chi connectivity index (χ0) is 15.8. The number of carboxylic acids is 1. The molecule has 20 heavy (non-hydrogen) atoms. The highest BCUT2D eigenvalue weighted by Gasteiger charge is 2.38. The summed E-state index contributed by atoms with van der Waals surface area (Å²) < 4.78 is 26.8. The molecule has 0 saturated heterocycles. The number of sulfonamides is 1. The molecule has 0 atom stereocenters. The number of benzene rings is 1. The number of hydrogen-bond acceptors (Lipinski definition) is 4. The number of aromatic carboxylic acids is 1. The molecule has 0 fully saturated rings. The van der Waals surface area contributed by atoms with Gasteiger partial charge in [-0.1, -0.05) is 0 Å². The molecule has 0 aromatic heterocycles. The Morgan fingerprint density at radius 2 is 1.55 bits per heavy atom. The lowest BCUT2D eigenvalue weighted by Gasteiger charge is -2.37. The Bertz CT molecular complexity index is 597. The lowest BCUT2D eigenvalue weighted by atomic mass is 9.87. The topological polar surface area (TPSA) is 104 Å². The highest BCUT2D eigenvalue weighted by molar-refractivity contribution is 7.89. The molecule has 0 heterocycles. The Hall–Kier alpha value is -1.44. The number of aliphatic hydroxyl groups is 1. The Morgan fingerprint density at radius 3 is 1.90 bits per heavy atom. The maximum atomic E-state index is 12.2. The van der Waals surface area contributed by atoms with Crippen LogP contribution in [-0.2, 0) is 10.0 Å². The summed E-state index contributed by atoms with van der Waals surface area (Å²) in [6.45, 7) is 6.14. The third-order valence-electron chi connectivity index (χ3n) is 3.33. The van der Waals surface area contributed by atoms with E-state index in [2.05, 4.69) is 4.72 Å². The van der Waals surface area contributed by atoms with Crippen LogP contribution in [0.2, 0.25) is 0 Å². The molecule has 0 aliphatic rings. The second-order valence-corrected chi connectivity index (χ2v) is 7.30. The summed E-state index contributed by atoms with van der Waals surface area (Å²) in [4.78, 5) is 10.7. The summed E-state index contributed by atoms with van der Waals surface area (Å²) in [5.41, 5.74) is -2.34. The molecular weight excluding hydrogens is 282 g/mol. The van der Waals surface area contributed by atoms with Crippen molar-refractivity contribution in [1.82, 2.24) is 4.72 Å². The van der Waals surface area contributed by atoms with Crippen molar-refractivity contribution >= 4 is 16.0 Å². The van der Waals surface area contributed by atoms with E-state index in [1.54, 1.807) is 13.8 Å². The smallest absolute Gasteiger partial charge is 0.335 e. The largest absolute Gasteiger partial charge is 0.478 e. The molecular formula is C13H19NO5S. The van der Waals surface area contributed by atoms with Gasteiger partial charge in [-0.25, -0.2) is 17.9 Å². The van der Waals surface area contributed by atoms with Crippen LogP contribution in [0.1, 0.15) is 38.1 Å². The van der Waals surface area contributed by atoms with Crippen molar-refractivity contribution in [3.63, 3.8) is 0 Å². The summed E-state index contributed by atoms with van der Waals surface area (Å²) in [6, 6.07) is 4.86. The Kier molecular flexibility index (Phi) is 4.28. The lowest BCUT2D eigenvalue weighted by Crippen LogP contribution is -2.57. The van der Waals surface area contributed by atoms with Crippen molar-refractivity contribution in [2.24, 2.45) is 0 Å². The molecule has 1 rings (SSSR count). The molecule has 3 N–H and O–H groups in total. The van der Waals surface area contributed by atoms with Crippen molar-refractivity contribution in [3.8, 4) is 0 Å². The predicted molar refractivity (Wildman–Crippen MR) is 74.1 cm³/mol. The standard InChI is InChI=1S/C13H19NO5S/c1-12(2,13(3,4)17)14-20(18,19)10-7-5-9(6-8-10)11(15)16/h5-8,14,17H,1-4H3,(H,15,16). The molecule has 1 aromatic carbocycles. The van der Waals surface area contributed by atoms with Crippen molar-refractivity contribution in [1.29, 1.82) is 0 Å². The normalized spacial score (nSPS) is 13.2. The molecule has 6 nitrogen and oxygen atoms in total. The van der Waals surface area contributed by atoms with Crippen LogP contribution in [0.25, 0.3) is 0 Å². The van der Waals surface area contributed by atoms with Gasteiger partial charge in [-0.2, -0.15) is 0 Å². The molecule has 0 bridgehead atoms.